The van der Waals surface area contributed by atoms with Crippen LogP contribution in [-0.4, -0.2) is 70.3 Å². The Hall–Kier alpha value is -4.46. The molecule has 0 saturated heterocycles. The SMILES string of the molecule is NCC(=O)NC(Cc1c[nH]c2ccccc12)C(=O)NC(CCC(N)=O)C(=O)NC(CCC(N)=O)C(=O)O. The number of carboxylic acids is 1. The van der Waals surface area contributed by atoms with Crippen molar-refractivity contribution in [3.05, 3.63) is 36.0 Å². The fourth-order valence-electron chi connectivity index (χ4n) is 3.63. The number of aromatic amines is 1. The van der Waals surface area contributed by atoms with Crippen molar-refractivity contribution >= 4 is 46.4 Å². The number of rotatable bonds is 15. The molecule has 0 aliphatic carbocycles. The molecule has 0 saturated carbocycles. The van der Waals surface area contributed by atoms with Crippen LogP contribution >= 0.6 is 0 Å². The minimum Gasteiger partial charge on any atom is -0.480 e. The molecule has 200 valence electrons. The molecular weight excluding hydrogens is 486 g/mol. The molecule has 5 amide bonds. The molecule has 0 radical (unpaired) electrons. The van der Waals surface area contributed by atoms with Crippen LogP contribution in [0.3, 0.4) is 0 Å². The first-order valence-electron chi connectivity index (χ1n) is 11.5. The van der Waals surface area contributed by atoms with Crippen molar-refractivity contribution in [3.8, 4) is 0 Å². The number of aliphatic carboxylic acids is 1. The highest BCUT2D eigenvalue weighted by molar-refractivity contribution is 5.94. The van der Waals surface area contributed by atoms with Crippen molar-refractivity contribution in [3.63, 3.8) is 0 Å². The second-order valence-corrected chi connectivity index (χ2v) is 8.36. The van der Waals surface area contributed by atoms with Gasteiger partial charge in [0.05, 0.1) is 6.54 Å². The molecule has 1 aromatic heterocycles. The number of para-hydroxylation sites is 1. The molecule has 0 fully saturated rings. The summed E-state index contributed by atoms with van der Waals surface area (Å²) in [6, 6.07) is 3.34. The van der Waals surface area contributed by atoms with E-state index in [1.54, 1.807) is 6.20 Å². The summed E-state index contributed by atoms with van der Waals surface area (Å²) in [6.45, 7) is -0.386. The summed E-state index contributed by atoms with van der Waals surface area (Å²) in [5.74, 6) is -5.21. The number of amides is 5. The molecule has 1 heterocycles. The van der Waals surface area contributed by atoms with Gasteiger partial charge in [0, 0.05) is 36.4 Å². The summed E-state index contributed by atoms with van der Waals surface area (Å²) in [6.07, 6.45) is 0.629. The average molecular weight is 518 g/mol. The summed E-state index contributed by atoms with van der Waals surface area (Å²) in [5, 5.41) is 17.4. The molecule has 2 rings (SSSR count). The minimum absolute atomic E-state index is 0.0438. The molecule has 14 nitrogen and oxygen atoms in total. The van der Waals surface area contributed by atoms with Crippen LogP contribution in [0.4, 0.5) is 0 Å². The third-order valence-corrected chi connectivity index (χ3v) is 5.54. The molecule has 0 aliphatic rings. The van der Waals surface area contributed by atoms with E-state index in [9.17, 15) is 33.9 Å². The highest BCUT2D eigenvalue weighted by atomic mass is 16.4. The Morgan fingerprint density at radius 3 is 2.00 bits per heavy atom. The van der Waals surface area contributed by atoms with Crippen LogP contribution < -0.4 is 33.2 Å². The van der Waals surface area contributed by atoms with E-state index in [0.29, 0.717) is 5.56 Å². The van der Waals surface area contributed by atoms with Gasteiger partial charge in [-0.3, -0.25) is 24.0 Å². The highest BCUT2D eigenvalue weighted by Gasteiger charge is 2.30. The normalized spacial score (nSPS) is 13.2. The van der Waals surface area contributed by atoms with Crippen LogP contribution in [0.1, 0.15) is 31.2 Å². The topological polar surface area (TPSA) is 253 Å². The van der Waals surface area contributed by atoms with Gasteiger partial charge in [0.1, 0.15) is 18.1 Å². The average Bonchev–Trinajstić information content (AvgIpc) is 3.25. The standard InChI is InChI=1S/C23H31N7O7/c24-10-20(33)28-17(9-12-11-27-14-4-2-1-3-13(12)14)22(35)29-15(5-7-18(25)31)21(34)30-16(23(36)37)6-8-19(26)32/h1-4,11,15-17,27H,5-10,24H2,(H2,25,31)(H2,26,32)(H,28,33)(H,29,35)(H,30,34)(H,36,37). The predicted octanol–water partition coefficient (Wildman–Crippen LogP) is -2.26. The third kappa shape index (κ3) is 8.92. The molecule has 3 unspecified atom stereocenters. The molecule has 11 N–H and O–H groups in total. The number of nitrogens with one attached hydrogen (secondary N) is 4. The third-order valence-electron chi connectivity index (χ3n) is 5.54. The molecule has 14 heteroatoms. The van der Waals surface area contributed by atoms with Gasteiger partial charge in [-0.15, -0.1) is 0 Å². The van der Waals surface area contributed by atoms with Gasteiger partial charge in [-0.05, 0) is 24.5 Å². The fourth-order valence-corrected chi connectivity index (χ4v) is 3.63. The van der Waals surface area contributed by atoms with Gasteiger partial charge in [-0.2, -0.15) is 0 Å². The second kappa shape index (κ2) is 13.6. The number of primary amides is 2. The number of nitrogens with two attached hydrogens (primary N) is 3. The quantitative estimate of drug-likeness (QED) is 0.128. The molecule has 2 aromatic rings. The van der Waals surface area contributed by atoms with Crippen molar-refractivity contribution < 1.29 is 33.9 Å². The van der Waals surface area contributed by atoms with Crippen LogP contribution in [0, 0.1) is 0 Å². The van der Waals surface area contributed by atoms with E-state index in [0.717, 1.165) is 10.9 Å². The van der Waals surface area contributed by atoms with Crippen LogP contribution in [0.15, 0.2) is 30.5 Å². The maximum absolute atomic E-state index is 13.2. The fraction of sp³-hybridized carbons (Fsp3) is 0.391. The van der Waals surface area contributed by atoms with E-state index in [1.165, 1.54) is 0 Å². The van der Waals surface area contributed by atoms with Gasteiger partial charge >= 0.3 is 5.97 Å². The second-order valence-electron chi connectivity index (χ2n) is 8.36. The lowest BCUT2D eigenvalue weighted by Crippen LogP contribution is -2.56. The number of carbonyl (C=O) groups excluding carboxylic acids is 5. The first-order chi connectivity index (χ1) is 17.5. The van der Waals surface area contributed by atoms with E-state index >= 15 is 0 Å². The van der Waals surface area contributed by atoms with Crippen molar-refractivity contribution in [2.45, 2.75) is 50.2 Å². The Morgan fingerprint density at radius 1 is 0.838 bits per heavy atom. The van der Waals surface area contributed by atoms with Gasteiger partial charge in [0.25, 0.3) is 0 Å². The van der Waals surface area contributed by atoms with E-state index in [1.807, 2.05) is 24.3 Å². The van der Waals surface area contributed by atoms with Gasteiger partial charge in [-0.1, -0.05) is 18.2 Å². The zero-order chi connectivity index (χ0) is 27.5. The number of carboxylic acid groups (broad SMARTS) is 1. The highest BCUT2D eigenvalue weighted by Crippen LogP contribution is 2.19. The Bertz CT molecular complexity index is 1160. The largest absolute Gasteiger partial charge is 0.480 e. The van der Waals surface area contributed by atoms with Crippen LogP contribution in [0.25, 0.3) is 10.9 Å². The number of fused-ring (bicyclic) bond motifs is 1. The van der Waals surface area contributed by atoms with Crippen LogP contribution in [0.5, 0.6) is 0 Å². The Balaban J connectivity index is 2.24. The van der Waals surface area contributed by atoms with Crippen LogP contribution in [0.2, 0.25) is 0 Å². The lowest BCUT2D eigenvalue weighted by Gasteiger charge is -2.24. The lowest BCUT2D eigenvalue weighted by molar-refractivity contribution is -0.142. The summed E-state index contributed by atoms with van der Waals surface area (Å²) in [5.41, 5.74) is 17.2. The molecule has 0 spiro atoms. The first-order valence-corrected chi connectivity index (χ1v) is 11.5. The van der Waals surface area contributed by atoms with E-state index < -0.39 is 53.6 Å². The predicted molar refractivity (Wildman–Crippen MR) is 131 cm³/mol. The number of aromatic nitrogens is 1. The van der Waals surface area contributed by atoms with E-state index in [-0.39, 0.29) is 38.6 Å². The molecule has 0 bridgehead atoms. The Labute approximate surface area is 211 Å². The van der Waals surface area contributed by atoms with Gasteiger partial charge < -0.3 is 43.2 Å². The van der Waals surface area contributed by atoms with Crippen molar-refractivity contribution in [2.75, 3.05) is 6.54 Å². The Morgan fingerprint density at radius 2 is 1.41 bits per heavy atom. The molecule has 3 atom stereocenters. The van der Waals surface area contributed by atoms with Gasteiger partial charge in [0.15, 0.2) is 0 Å². The zero-order valence-electron chi connectivity index (χ0n) is 20.0. The summed E-state index contributed by atoms with van der Waals surface area (Å²) < 4.78 is 0. The zero-order valence-corrected chi connectivity index (χ0v) is 20.0. The van der Waals surface area contributed by atoms with E-state index in [2.05, 4.69) is 20.9 Å². The summed E-state index contributed by atoms with van der Waals surface area (Å²) in [4.78, 5) is 75.1. The summed E-state index contributed by atoms with van der Waals surface area (Å²) in [7, 11) is 0. The first kappa shape index (κ1) is 28.8. The lowest BCUT2D eigenvalue weighted by atomic mass is 10.0. The number of hydrogen-bond donors (Lipinski definition) is 8. The van der Waals surface area contributed by atoms with E-state index in [4.69, 9.17) is 17.2 Å². The Kier molecular flexibility index (Phi) is 10.6. The van der Waals surface area contributed by atoms with Crippen LogP contribution in [-0.2, 0) is 35.2 Å². The molecule has 1 aromatic carbocycles. The number of carbonyl (C=O) groups is 6. The van der Waals surface area contributed by atoms with Crippen molar-refractivity contribution in [1.82, 2.24) is 20.9 Å². The van der Waals surface area contributed by atoms with Crippen molar-refractivity contribution in [1.29, 1.82) is 0 Å². The maximum atomic E-state index is 13.2. The summed E-state index contributed by atoms with van der Waals surface area (Å²) >= 11 is 0. The number of H-pyrrole nitrogens is 1. The molecular formula is C23H31N7O7. The van der Waals surface area contributed by atoms with Gasteiger partial charge in [-0.25, -0.2) is 4.79 Å². The van der Waals surface area contributed by atoms with Gasteiger partial charge in [0.2, 0.25) is 29.5 Å². The monoisotopic (exact) mass is 517 g/mol. The number of hydrogen-bond acceptors (Lipinski definition) is 7. The molecule has 0 aliphatic heterocycles. The minimum atomic E-state index is -1.47. The smallest absolute Gasteiger partial charge is 0.326 e. The maximum Gasteiger partial charge on any atom is 0.326 e. The number of benzene rings is 1. The van der Waals surface area contributed by atoms with Crippen molar-refractivity contribution in [2.24, 2.45) is 17.2 Å². The molecule has 37 heavy (non-hydrogen) atoms.